The highest BCUT2D eigenvalue weighted by molar-refractivity contribution is 7.25. The summed E-state index contributed by atoms with van der Waals surface area (Å²) >= 11 is 1.86. The Morgan fingerprint density at radius 1 is 0.364 bits per heavy atom. The molecule has 0 radical (unpaired) electrons. The summed E-state index contributed by atoms with van der Waals surface area (Å²) < 4.78 is 2.63. The van der Waals surface area contributed by atoms with E-state index in [1.165, 1.54) is 69.3 Å². The van der Waals surface area contributed by atoms with E-state index in [1.54, 1.807) is 0 Å². The lowest BCUT2D eigenvalue weighted by Gasteiger charge is -2.28. The van der Waals surface area contributed by atoms with Gasteiger partial charge in [0.15, 0.2) is 0 Å². The SMILES string of the molecule is c1ccc(-c2ccc(N(c3ccc4sc5ccccc5c4c3)c3cc4ccc5ccccc5c4c4ccccc34)cc2)cc1. The van der Waals surface area contributed by atoms with Crippen LogP contribution in [-0.2, 0) is 0 Å². The van der Waals surface area contributed by atoms with E-state index in [-0.39, 0.29) is 0 Å². The molecule has 0 unspecified atom stereocenters. The second-order valence-corrected chi connectivity index (χ2v) is 12.4. The summed E-state index contributed by atoms with van der Waals surface area (Å²) in [5, 5.41) is 10.2. The number of hydrogen-bond acceptors (Lipinski definition) is 2. The van der Waals surface area contributed by atoms with Crippen LogP contribution >= 0.6 is 11.3 Å². The maximum atomic E-state index is 2.44. The van der Waals surface area contributed by atoms with Crippen molar-refractivity contribution in [3.63, 3.8) is 0 Å². The first-order valence-corrected chi connectivity index (χ1v) is 15.8. The maximum absolute atomic E-state index is 2.44. The molecule has 0 amide bonds. The van der Waals surface area contributed by atoms with Crippen LogP contribution in [0.2, 0.25) is 0 Å². The predicted octanol–water partition coefficient (Wildman–Crippen LogP) is 12.7. The summed E-state index contributed by atoms with van der Waals surface area (Å²) in [6.07, 6.45) is 0. The Balaban J connectivity index is 1.33. The van der Waals surface area contributed by atoms with Gasteiger partial charge in [-0.05, 0) is 80.5 Å². The van der Waals surface area contributed by atoms with E-state index >= 15 is 0 Å². The van der Waals surface area contributed by atoms with Gasteiger partial charge >= 0.3 is 0 Å². The summed E-state index contributed by atoms with van der Waals surface area (Å²) in [7, 11) is 0. The number of hydrogen-bond donors (Lipinski definition) is 0. The Hall–Kier alpha value is -5.44. The third kappa shape index (κ3) is 4.00. The quantitative estimate of drug-likeness (QED) is 0.188. The summed E-state index contributed by atoms with van der Waals surface area (Å²) in [6.45, 7) is 0. The van der Waals surface area contributed by atoms with E-state index in [4.69, 9.17) is 0 Å². The number of anilines is 3. The molecular weight excluding hydrogens is 551 g/mol. The minimum absolute atomic E-state index is 1.13. The molecule has 2 heteroatoms. The van der Waals surface area contributed by atoms with Crippen LogP contribution in [0.25, 0.3) is 63.6 Å². The fourth-order valence-electron chi connectivity index (χ4n) is 6.76. The van der Waals surface area contributed by atoms with Gasteiger partial charge in [-0.25, -0.2) is 0 Å². The third-order valence-corrected chi connectivity index (χ3v) is 9.97. The van der Waals surface area contributed by atoms with Gasteiger partial charge in [0.2, 0.25) is 0 Å². The van der Waals surface area contributed by atoms with Crippen LogP contribution in [0.15, 0.2) is 164 Å². The molecule has 0 aliphatic rings. The van der Waals surface area contributed by atoms with Gasteiger partial charge in [0.1, 0.15) is 0 Å². The normalized spacial score (nSPS) is 11.6. The van der Waals surface area contributed by atoms with Gasteiger partial charge in [-0.15, -0.1) is 11.3 Å². The molecule has 9 rings (SSSR count). The van der Waals surface area contributed by atoms with Crippen LogP contribution in [0.1, 0.15) is 0 Å². The summed E-state index contributed by atoms with van der Waals surface area (Å²) in [5.41, 5.74) is 5.89. The van der Waals surface area contributed by atoms with E-state index in [2.05, 4.69) is 169 Å². The first kappa shape index (κ1) is 25.1. The van der Waals surface area contributed by atoms with Crippen molar-refractivity contribution in [2.75, 3.05) is 4.90 Å². The predicted molar refractivity (Wildman–Crippen MR) is 192 cm³/mol. The first-order valence-electron chi connectivity index (χ1n) is 15.0. The molecule has 0 aliphatic heterocycles. The topological polar surface area (TPSA) is 3.24 Å². The van der Waals surface area contributed by atoms with Crippen LogP contribution in [0.3, 0.4) is 0 Å². The highest BCUT2D eigenvalue weighted by Gasteiger charge is 2.19. The van der Waals surface area contributed by atoms with E-state index < -0.39 is 0 Å². The first-order chi connectivity index (χ1) is 21.8. The third-order valence-electron chi connectivity index (χ3n) is 8.82. The van der Waals surface area contributed by atoms with E-state index in [9.17, 15) is 0 Å². The Morgan fingerprint density at radius 2 is 0.977 bits per heavy atom. The van der Waals surface area contributed by atoms with Gasteiger partial charge in [-0.3, -0.25) is 0 Å². The molecule has 9 aromatic rings. The van der Waals surface area contributed by atoms with Crippen LogP contribution in [-0.4, -0.2) is 0 Å². The Labute approximate surface area is 259 Å². The molecule has 0 aliphatic carbocycles. The van der Waals surface area contributed by atoms with Crippen molar-refractivity contribution in [2.45, 2.75) is 0 Å². The van der Waals surface area contributed by atoms with E-state index in [1.807, 2.05) is 11.3 Å². The molecule has 0 saturated heterocycles. The number of thiophene rings is 1. The van der Waals surface area contributed by atoms with Gasteiger partial charge in [-0.2, -0.15) is 0 Å². The molecule has 1 nitrogen and oxygen atoms in total. The molecule has 0 spiro atoms. The highest BCUT2D eigenvalue weighted by Crippen LogP contribution is 2.45. The molecule has 0 atom stereocenters. The fraction of sp³-hybridized carbons (Fsp3) is 0. The van der Waals surface area contributed by atoms with Crippen molar-refractivity contribution in [2.24, 2.45) is 0 Å². The van der Waals surface area contributed by atoms with Crippen molar-refractivity contribution in [1.82, 2.24) is 0 Å². The van der Waals surface area contributed by atoms with Crippen LogP contribution in [0.4, 0.5) is 17.1 Å². The molecule has 0 N–H and O–H groups in total. The summed E-state index contributed by atoms with van der Waals surface area (Å²) in [6, 6.07) is 59.8. The molecule has 1 heterocycles. The van der Waals surface area contributed by atoms with Gasteiger partial charge < -0.3 is 4.90 Å². The Bertz CT molecular complexity index is 2490. The lowest BCUT2D eigenvalue weighted by Crippen LogP contribution is -2.10. The van der Waals surface area contributed by atoms with Crippen LogP contribution < -0.4 is 4.90 Å². The van der Waals surface area contributed by atoms with Crippen molar-refractivity contribution >= 4 is 80.9 Å². The molecule has 8 aromatic carbocycles. The zero-order valence-corrected chi connectivity index (χ0v) is 24.8. The van der Waals surface area contributed by atoms with Crippen molar-refractivity contribution in [3.8, 4) is 11.1 Å². The molecule has 0 fully saturated rings. The largest absolute Gasteiger partial charge is 0.310 e. The van der Waals surface area contributed by atoms with Crippen LogP contribution in [0.5, 0.6) is 0 Å². The zero-order valence-electron chi connectivity index (χ0n) is 23.9. The number of fused-ring (bicyclic) bond motifs is 8. The van der Waals surface area contributed by atoms with Crippen molar-refractivity contribution < 1.29 is 0 Å². The monoisotopic (exact) mass is 577 g/mol. The molecule has 1 aromatic heterocycles. The Morgan fingerprint density at radius 3 is 1.82 bits per heavy atom. The smallest absolute Gasteiger partial charge is 0.0546 e. The van der Waals surface area contributed by atoms with E-state index in [0.717, 1.165) is 11.4 Å². The summed E-state index contributed by atoms with van der Waals surface area (Å²) in [5.74, 6) is 0. The lowest BCUT2D eigenvalue weighted by molar-refractivity contribution is 1.31. The molecule has 44 heavy (non-hydrogen) atoms. The van der Waals surface area contributed by atoms with Gasteiger partial charge in [0.05, 0.1) is 5.69 Å². The van der Waals surface area contributed by atoms with E-state index in [0.29, 0.717) is 0 Å². The van der Waals surface area contributed by atoms with Gasteiger partial charge in [0, 0.05) is 36.9 Å². The van der Waals surface area contributed by atoms with Crippen molar-refractivity contribution in [3.05, 3.63) is 164 Å². The molecule has 0 saturated carbocycles. The van der Waals surface area contributed by atoms with Gasteiger partial charge in [0.25, 0.3) is 0 Å². The minimum Gasteiger partial charge on any atom is -0.310 e. The van der Waals surface area contributed by atoms with Gasteiger partial charge in [-0.1, -0.05) is 121 Å². The fourth-order valence-corrected chi connectivity index (χ4v) is 7.84. The van der Waals surface area contributed by atoms with Crippen LogP contribution in [0, 0.1) is 0 Å². The van der Waals surface area contributed by atoms with Crippen molar-refractivity contribution in [1.29, 1.82) is 0 Å². The lowest BCUT2D eigenvalue weighted by atomic mass is 9.94. The number of rotatable bonds is 4. The molecule has 0 bridgehead atoms. The average molecular weight is 578 g/mol. The number of nitrogens with zero attached hydrogens (tertiary/aromatic N) is 1. The second kappa shape index (κ2) is 10.1. The summed E-state index contributed by atoms with van der Waals surface area (Å²) in [4.78, 5) is 2.44. The standard InChI is InChI=1S/C42H27NS/c1-2-10-28(11-3-1)29-20-22-32(23-21-29)43(33-24-25-41-38(27-33)36-15-8-9-17-40(36)44-41)39-26-31-19-18-30-12-4-5-13-34(30)42(31)37-16-7-6-14-35(37)39/h1-27H. The maximum Gasteiger partial charge on any atom is 0.0546 e. The average Bonchev–Trinajstić information content (AvgIpc) is 3.47. The molecule has 206 valence electrons. The highest BCUT2D eigenvalue weighted by atomic mass is 32.1. The molecular formula is C42H27NS. The number of benzene rings is 8. The Kier molecular flexibility index (Phi) is 5.75. The zero-order chi connectivity index (χ0) is 29.0. The minimum atomic E-state index is 1.13. The second-order valence-electron chi connectivity index (χ2n) is 11.4.